The van der Waals surface area contributed by atoms with Crippen molar-refractivity contribution in [3.05, 3.63) is 53.3 Å². The molecule has 1 atom stereocenters. The lowest BCUT2D eigenvalue weighted by Gasteiger charge is -2.24. The average molecular weight is 366 g/mol. The molecule has 1 N–H and O–H groups in total. The summed E-state index contributed by atoms with van der Waals surface area (Å²) in [5.41, 5.74) is -0.0587. The largest absolute Gasteiger partial charge is 0.485 e. The van der Waals surface area contributed by atoms with Crippen LogP contribution >= 0.6 is 11.6 Å². The van der Waals surface area contributed by atoms with E-state index in [-0.39, 0.29) is 17.3 Å². The number of esters is 1. The third kappa shape index (κ3) is 4.19. The van der Waals surface area contributed by atoms with Crippen LogP contribution in [0.5, 0.6) is 11.5 Å². The van der Waals surface area contributed by atoms with Crippen LogP contribution in [-0.2, 0) is 14.3 Å². The van der Waals surface area contributed by atoms with Gasteiger partial charge in [0.05, 0.1) is 5.69 Å². The Hall–Kier alpha value is -2.80. The Morgan fingerprint density at radius 1 is 1.24 bits per heavy atom. The van der Waals surface area contributed by atoms with Gasteiger partial charge < -0.3 is 19.5 Å². The molecule has 3 rings (SSSR count). The van der Waals surface area contributed by atoms with Crippen molar-refractivity contribution in [1.82, 2.24) is 0 Å². The summed E-state index contributed by atoms with van der Waals surface area (Å²) in [4.78, 5) is 23.8. The van der Waals surface area contributed by atoms with Crippen molar-refractivity contribution in [1.29, 1.82) is 0 Å². The summed E-state index contributed by atoms with van der Waals surface area (Å²) in [6.45, 7) is -0.605. The van der Waals surface area contributed by atoms with Crippen molar-refractivity contribution in [2.75, 3.05) is 18.5 Å². The van der Waals surface area contributed by atoms with Crippen molar-refractivity contribution in [3.8, 4) is 11.5 Å². The number of rotatable bonds is 4. The summed E-state index contributed by atoms with van der Waals surface area (Å²) >= 11 is 5.63. The van der Waals surface area contributed by atoms with E-state index in [0.717, 1.165) is 6.07 Å². The van der Waals surface area contributed by atoms with Crippen molar-refractivity contribution in [2.45, 2.75) is 6.10 Å². The quantitative estimate of drug-likeness (QED) is 0.843. The highest BCUT2D eigenvalue weighted by atomic mass is 35.5. The van der Waals surface area contributed by atoms with Crippen LogP contribution in [0, 0.1) is 5.82 Å². The molecule has 0 fully saturated rings. The molecule has 0 bridgehead atoms. The second-order valence-corrected chi connectivity index (χ2v) is 5.58. The SMILES string of the molecule is O=C(COC(=O)[C@H]1COc2ccccc2O1)Nc1ccc(Cl)cc1F. The zero-order chi connectivity index (χ0) is 17.8. The number of halogens is 2. The number of benzene rings is 2. The number of fused-ring (bicyclic) bond motifs is 1. The molecule has 0 aliphatic carbocycles. The van der Waals surface area contributed by atoms with Crippen molar-refractivity contribution in [2.24, 2.45) is 0 Å². The maximum atomic E-state index is 13.6. The first-order valence-electron chi connectivity index (χ1n) is 7.33. The molecule has 0 radical (unpaired) electrons. The lowest BCUT2D eigenvalue weighted by atomic mass is 10.2. The molecule has 8 heteroatoms. The molecule has 2 aromatic carbocycles. The molecule has 0 saturated heterocycles. The van der Waals surface area contributed by atoms with Gasteiger partial charge in [-0.25, -0.2) is 9.18 Å². The lowest BCUT2D eigenvalue weighted by Crippen LogP contribution is -2.39. The van der Waals surface area contributed by atoms with Gasteiger partial charge in [0, 0.05) is 5.02 Å². The van der Waals surface area contributed by atoms with E-state index in [1.165, 1.54) is 12.1 Å². The van der Waals surface area contributed by atoms with Crippen LogP contribution in [0.1, 0.15) is 0 Å². The molecule has 1 aliphatic heterocycles. The van der Waals surface area contributed by atoms with Gasteiger partial charge in [0.2, 0.25) is 6.10 Å². The number of nitrogens with one attached hydrogen (secondary N) is 1. The number of ether oxygens (including phenoxy) is 3. The third-order valence-corrected chi connectivity index (χ3v) is 3.56. The zero-order valence-electron chi connectivity index (χ0n) is 12.8. The molecule has 1 amide bonds. The molecule has 130 valence electrons. The zero-order valence-corrected chi connectivity index (χ0v) is 13.6. The van der Waals surface area contributed by atoms with E-state index in [2.05, 4.69) is 5.32 Å². The van der Waals surface area contributed by atoms with Crippen LogP contribution in [0.2, 0.25) is 5.02 Å². The van der Waals surface area contributed by atoms with Crippen molar-refractivity contribution < 1.29 is 28.2 Å². The molecule has 0 spiro atoms. The highest BCUT2D eigenvalue weighted by Gasteiger charge is 2.29. The fraction of sp³-hybridized carbons (Fsp3) is 0.176. The molecule has 25 heavy (non-hydrogen) atoms. The van der Waals surface area contributed by atoms with Gasteiger partial charge in [0.25, 0.3) is 5.91 Å². The summed E-state index contributed by atoms with van der Waals surface area (Å²) in [5.74, 6) is -1.17. The summed E-state index contributed by atoms with van der Waals surface area (Å²) in [5, 5.41) is 2.49. The van der Waals surface area contributed by atoms with E-state index >= 15 is 0 Å². The first-order valence-corrected chi connectivity index (χ1v) is 7.71. The number of anilines is 1. The fourth-order valence-electron chi connectivity index (χ4n) is 2.14. The number of amides is 1. The van der Waals surface area contributed by atoms with E-state index in [9.17, 15) is 14.0 Å². The predicted octanol–water partition coefficient (Wildman–Crippen LogP) is 2.80. The fourth-order valence-corrected chi connectivity index (χ4v) is 2.30. The summed E-state index contributed by atoms with van der Waals surface area (Å²) in [6, 6.07) is 10.7. The Kier molecular flexibility index (Phi) is 5.04. The maximum absolute atomic E-state index is 13.6. The predicted molar refractivity (Wildman–Crippen MR) is 87.4 cm³/mol. The van der Waals surface area contributed by atoms with E-state index < -0.39 is 30.4 Å². The van der Waals surface area contributed by atoms with Crippen LogP contribution in [0.15, 0.2) is 42.5 Å². The Balaban J connectivity index is 1.51. The minimum atomic E-state index is -0.977. The van der Waals surface area contributed by atoms with Gasteiger partial charge >= 0.3 is 5.97 Å². The molecule has 6 nitrogen and oxygen atoms in total. The molecule has 1 heterocycles. The van der Waals surface area contributed by atoms with Crippen molar-refractivity contribution in [3.63, 3.8) is 0 Å². The molecule has 0 unspecified atom stereocenters. The molecule has 0 aromatic heterocycles. The highest BCUT2D eigenvalue weighted by Crippen LogP contribution is 2.31. The number of para-hydroxylation sites is 2. The molecule has 2 aromatic rings. The van der Waals surface area contributed by atoms with Gasteiger partial charge in [-0.2, -0.15) is 0 Å². The van der Waals surface area contributed by atoms with Crippen molar-refractivity contribution >= 4 is 29.2 Å². The van der Waals surface area contributed by atoms with Crippen LogP contribution < -0.4 is 14.8 Å². The number of carbonyl (C=O) groups excluding carboxylic acids is 2. The smallest absolute Gasteiger partial charge is 0.351 e. The highest BCUT2D eigenvalue weighted by molar-refractivity contribution is 6.30. The van der Waals surface area contributed by atoms with Gasteiger partial charge in [-0.3, -0.25) is 4.79 Å². The number of hydrogen-bond acceptors (Lipinski definition) is 5. The van der Waals surface area contributed by atoms with Gasteiger partial charge in [0.1, 0.15) is 12.4 Å². The normalized spacial score (nSPS) is 15.4. The van der Waals surface area contributed by atoms with Crippen LogP contribution in [-0.4, -0.2) is 31.2 Å². The minimum Gasteiger partial charge on any atom is -0.485 e. The van der Waals surface area contributed by atoms with Gasteiger partial charge in [-0.15, -0.1) is 0 Å². The Morgan fingerprint density at radius 2 is 2.00 bits per heavy atom. The second-order valence-electron chi connectivity index (χ2n) is 5.14. The molecular formula is C17H13ClFNO5. The lowest BCUT2D eigenvalue weighted by molar-refractivity contribution is -0.156. The van der Waals surface area contributed by atoms with E-state index in [0.29, 0.717) is 11.5 Å². The molecular weight excluding hydrogens is 353 g/mol. The summed E-state index contributed by atoms with van der Waals surface area (Å²) in [6.07, 6.45) is -0.977. The summed E-state index contributed by atoms with van der Waals surface area (Å²) in [7, 11) is 0. The Labute approximate surface area is 147 Å². The molecule has 1 aliphatic rings. The number of hydrogen-bond donors (Lipinski definition) is 1. The van der Waals surface area contributed by atoms with Crippen LogP contribution in [0.25, 0.3) is 0 Å². The monoisotopic (exact) mass is 365 g/mol. The van der Waals surface area contributed by atoms with E-state index in [4.69, 9.17) is 25.8 Å². The van der Waals surface area contributed by atoms with Gasteiger partial charge in [-0.05, 0) is 30.3 Å². The maximum Gasteiger partial charge on any atom is 0.351 e. The third-order valence-electron chi connectivity index (χ3n) is 3.32. The van der Waals surface area contributed by atoms with Gasteiger partial charge in [-0.1, -0.05) is 23.7 Å². The average Bonchev–Trinajstić information content (AvgIpc) is 2.61. The van der Waals surface area contributed by atoms with E-state index in [1.807, 2.05) is 0 Å². The van der Waals surface area contributed by atoms with Crippen LogP contribution in [0.4, 0.5) is 10.1 Å². The number of carbonyl (C=O) groups is 2. The van der Waals surface area contributed by atoms with E-state index in [1.54, 1.807) is 24.3 Å². The standard InChI is InChI=1S/C17H13ClFNO5/c18-10-5-6-12(11(19)7-10)20-16(21)9-24-17(22)15-8-23-13-3-1-2-4-14(13)25-15/h1-7,15H,8-9H2,(H,20,21)/t15-/m1/s1. The molecule has 0 saturated carbocycles. The summed E-state index contributed by atoms with van der Waals surface area (Å²) < 4.78 is 29.4. The van der Waals surface area contributed by atoms with Crippen LogP contribution in [0.3, 0.4) is 0 Å². The Morgan fingerprint density at radius 3 is 2.76 bits per heavy atom. The minimum absolute atomic E-state index is 0.0245. The second kappa shape index (κ2) is 7.40. The Bertz CT molecular complexity index is 813. The van der Waals surface area contributed by atoms with Gasteiger partial charge in [0.15, 0.2) is 18.1 Å². The first-order chi connectivity index (χ1) is 12.0. The first kappa shape index (κ1) is 17.0. The topological polar surface area (TPSA) is 73.9 Å².